The number of nitrogens with zero attached hydrogens (tertiary/aromatic N) is 8. The first-order chi connectivity index (χ1) is 26.4. The molecule has 4 aliphatic heterocycles. The first kappa shape index (κ1) is 38.7. The van der Waals surface area contributed by atoms with E-state index in [9.17, 15) is 9.59 Å². The summed E-state index contributed by atoms with van der Waals surface area (Å²) in [5, 5.41) is 7.77. The zero-order valence-electron chi connectivity index (χ0n) is 32.0. The van der Waals surface area contributed by atoms with Crippen LogP contribution in [0.2, 0.25) is 5.02 Å². The average molecular weight is 784 g/mol. The number of terminal acetylenes is 1. The zero-order chi connectivity index (χ0) is 38.9. The summed E-state index contributed by atoms with van der Waals surface area (Å²) in [7, 11) is 0. The minimum atomic E-state index is 0.142. The Morgan fingerprint density at radius 2 is 1.40 bits per heavy atom. The van der Waals surface area contributed by atoms with Gasteiger partial charge in [-0.25, -0.2) is 9.97 Å². The number of benzene rings is 1. The van der Waals surface area contributed by atoms with Gasteiger partial charge >= 0.3 is 0 Å². The Kier molecular flexibility index (Phi) is 11.2. The molecule has 1 aromatic carbocycles. The number of amides is 2. The predicted molar refractivity (Wildman–Crippen MR) is 217 cm³/mol. The van der Waals surface area contributed by atoms with Gasteiger partial charge in [0.25, 0.3) is 0 Å². The molecule has 2 spiro atoms. The van der Waals surface area contributed by atoms with Gasteiger partial charge in [-0.3, -0.25) is 29.4 Å². The number of carbonyl (C=O) groups is 2. The molecule has 288 valence electrons. The SMILES string of the molecule is C#C/C=C\C(=C(\Cl)Cc1cnc(CN2CC3(C2)CN(C(C)=O)C3)c(NCC)n1)c1cccc(-c2cnc(CN3CC4(C3)CN(C(C)=O)C4)c(NCC)n2)c1Cl. The Bertz CT molecular complexity index is 2070. The summed E-state index contributed by atoms with van der Waals surface area (Å²) in [5.74, 6) is 4.32. The van der Waals surface area contributed by atoms with E-state index in [1.807, 2.05) is 41.8 Å². The highest BCUT2D eigenvalue weighted by Gasteiger charge is 2.53. The highest BCUT2D eigenvalue weighted by molar-refractivity contribution is 6.37. The van der Waals surface area contributed by atoms with Crippen molar-refractivity contribution in [3.8, 4) is 23.6 Å². The van der Waals surface area contributed by atoms with Crippen LogP contribution >= 0.6 is 23.2 Å². The van der Waals surface area contributed by atoms with E-state index in [0.29, 0.717) is 65.2 Å². The van der Waals surface area contributed by atoms with Crippen LogP contribution in [0, 0.1) is 23.2 Å². The summed E-state index contributed by atoms with van der Waals surface area (Å²) >= 11 is 14.3. The smallest absolute Gasteiger partial charge is 0.219 e. The molecule has 2 N–H and O–H groups in total. The van der Waals surface area contributed by atoms with Gasteiger partial charge < -0.3 is 20.4 Å². The number of hydrogen-bond acceptors (Lipinski definition) is 10. The maximum absolute atomic E-state index is 11.7. The minimum absolute atomic E-state index is 0.142. The van der Waals surface area contributed by atoms with Gasteiger partial charge in [0.1, 0.15) is 11.6 Å². The summed E-state index contributed by atoms with van der Waals surface area (Å²) in [6.45, 7) is 17.2. The first-order valence-corrected chi connectivity index (χ1v) is 19.6. The maximum atomic E-state index is 11.7. The predicted octanol–water partition coefficient (Wildman–Crippen LogP) is 5.16. The highest BCUT2D eigenvalue weighted by Crippen LogP contribution is 2.42. The zero-order valence-corrected chi connectivity index (χ0v) is 33.5. The maximum Gasteiger partial charge on any atom is 0.219 e. The summed E-state index contributed by atoms with van der Waals surface area (Å²) in [6, 6.07) is 5.77. The van der Waals surface area contributed by atoms with Gasteiger partial charge in [-0.15, -0.1) is 6.42 Å². The Morgan fingerprint density at radius 1 is 0.855 bits per heavy atom. The molecule has 0 atom stereocenters. The molecule has 4 fully saturated rings. The van der Waals surface area contributed by atoms with E-state index in [-0.39, 0.29) is 22.6 Å². The molecule has 55 heavy (non-hydrogen) atoms. The van der Waals surface area contributed by atoms with Crippen molar-refractivity contribution in [2.45, 2.75) is 47.2 Å². The number of nitrogens with one attached hydrogen (secondary N) is 2. The second kappa shape index (κ2) is 15.9. The van der Waals surface area contributed by atoms with E-state index in [2.05, 4.69) is 26.4 Å². The largest absolute Gasteiger partial charge is 0.369 e. The Morgan fingerprint density at radius 3 is 1.93 bits per heavy atom. The molecule has 0 radical (unpaired) electrons. The van der Waals surface area contributed by atoms with Gasteiger partial charge in [-0.05, 0) is 31.6 Å². The fourth-order valence-electron chi connectivity index (χ4n) is 8.40. The standard InChI is InChI=1S/C41H48Cl2N10O2/c1-6-9-11-30(33(42)14-29-15-46-35(38(48-29)44-7-2)17-50-19-40(20-50)23-52(24-40)27(4)54)31-12-10-13-32(37(31)43)34-16-47-36(39(49-34)45-8-3)18-51-21-41(22-51)25-53(26-41)28(5)55/h1,9-13,15-16H,7-8,14,17-26H2,2-5H3,(H,44,48)(H,45,49)/b11-9-,33-30-. The van der Waals surface area contributed by atoms with E-state index < -0.39 is 0 Å². The lowest BCUT2D eigenvalue weighted by molar-refractivity contribution is -0.158. The van der Waals surface area contributed by atoms with Crippen LogP contribution in [0.15, 0.2) is 47.8 Å². The van der Waals surface area contributed by atoms with Crippen LogP contribution < -0.4 is 10.6 Å². The number of halogens is 2. The number of allylic oxidation sites excluding steroid dienone is 4. The molecule has 0 aliphatic carbocycles. The van der Waals surface area contributed by atoms with E-state index in [1.54, 1.807) is 38.4 Å². The van der Waals surface area contributed by atoms with Crippen LogP contribution in [0.1, 0.15) is 50.3 Å². The second-order valence-electron chi connectivity index (χ2n) is 15.5. The Labute approximate surface area is 333 Å². The molecule has 14 heteroatoms. The summed E-state index contributed by atoms with van der Waals surface area (Å²) in [5.41, 5.74) is 5.63. The molecule has 2 amide bonds. The van der Waals surface area contributed by atoms with Gasteiger partial charge in [0.05, 0.1) is 34.0 Å². The fourth-order valence-corrected chi connectivity index (χ4v) is 9.03. The summed E-state index contributed by atoms with van der Waals surface area (Å²) in [6.07, 6.45) is 12.9. The van der Waals surface area contributed by atoms with Crippen LogP contribution in [0.5, 0.6) is 0 Å². The Balaban J connectivity index is 1.08. The van der Waals surface area contributed by atoms with E-state index >= 15 is 0 Å². The van der Waals surface area contributed by atoms with E-state index in [4.69, 9.17) is 49.6 Å². The van der Waals surface area contributed by atoms with Crippen molar-refractivity contribution < 1.29 is 9.59 Å². The lowest BCUT2D eigenvalue weighted by Crippen LogP contribution is -2.72. The molecular formula is C41H48Cl2N10O2. The lowest BCUT2D eigenvalue weighted by atomic mass is 9.72. The molecule has 0 saturated carbocycles. The number of likely N-dealkylation sites (tertiary alicyclic amines) is 4. The molecule has 7 rings (SSSR count). The molecule has 0 bridgehead atoms. The van der Waals surface area contributed by atoms with Gasteiger partial charge in [0, 0.05) is 132 Å². The topological polar surface area (TPSA) is 123 Å². The van der Waals surface area contributed by atoms with Crippen molar-refractivity contribution >= 4 is 52.2 Å². The van der Waals surface area contributed by atoms with E-state index in [1.165, 1.54) is 0 Å². The van der Waals surface area contributed by atoms with Crippen molar-refractivity contribution in [3.63, 3.8) is 0 Å². The van der Waals surface area contributed by atoms with Gasteiger partial charge in [-0.1, -0.05) is 47.3 Å². The molecule has 12 nitrogen and oxygen atoms in total. The lowest BCUT2D eigenvalue weighted by Gasteiger charge is -2.60. The minimum Gasteiger partial charge on any atom is -0.369 e. The van der Waals surface area contributed by atoms with Crippen molar-refractivity contribution in [1.82, 2.24) is 39.5 Å². The molecule has 4 saturated heterocycles. The molecule has 4 aliphatic rings. The number of hydrogen-bond donors (Lipinski definition) is 2. The van der Waals surface area contributed by atoms with Crippen LogP contribution in [-0.4, -0.2) is 117 Å². The number of carbonyl (C=O) groups excluding carboxylic acids is 2. The van der Waals surface area contributed by atoms with Crippen molar-refractivity contribution in [2.75, 3.05) is 76.1 Å². The summed E-state index contributed by atoms with van der Waals surface area (Å²) in [4.78, 5) is 51.5. The number of anilines is 2. The van der Waals surface area contributed by atoms with Gasteiger partial charge in [-0.2, -0.15) is 0 Å². The van der Waals surface area contributed by atoms with Crippen molar-refractivity contribution in [2.24, 2.45) is 10.8 Å². The average Bonchev–Trinajstić information content (AvgIpc) is 3.07. The molecule has 0 unspecified atom stereocenters. The highest BCUT2D eigenvalue weighted by atomic mass is 35.5. The van der Waals surface area contributed by atoms with E-state index in [0.717, 1.165) is 80.9 Å². The summed E-state index contributed by atoms with van der Waals surface area (Å²) < 4.78 is 0. The van der Waals surface area contributed by atoms with Gasteiger partial charge in [0.2, 0.25) is 11.8 Å². The fraction of sp³-hybridized carbons (Fsp3) is 0.463. The second-order valence-corrected chi connectivity index (χ2v) is 16.3. The van der Waals surface area contributed by atoms with Crippen molar-refractivity contribution in [3.05, 3.63) is 75.4 Å². The van der Waals surface area contributed by atoms with Gasteiger partial charge in [0.15, 0.2) is 0 Å². The van der Waals surface area contributed by atoms with Crippen LogP contribution in [0.3, 0.4) is 0 Å². The normalized spacial score (nSPS) is 18.9. The third kappa shape index (κ3) is 8.07. The molecule has 3 aromatic rings. The number of rotatable bonds is 13. The number of aromatic nitrogens is 4. The molecule has 2 aromatic heterocycles. The third-order valence-corrected chi connectivity index (χ3v) is 11.7. The molecule has 6 heterocycles. The van der Waals surface area contributed by atoms with Crippen molar-refractivity contribution in [1.29, 1.82) is 0 Å². The van der Waals surface area contributed by atoms with Crippen LogP contribution in [-0.2, 0) is 29.1 Å². The Hall–Kier alpha value is -4.54. The first-order valence-electron chi connectivity index (χ1n) is 18.9. The third-order valence-electron chi connectivity index (χ3n) is 11.0. The van der Waals surface area contributed by atoms with Crippen LogP contribution in [0.4, 0.5) is 11.6 Å². The monoisotopic (exact) mass is 782 g/mol. The molecular weight excluding hydrogens is 735 g/mol. The van der Waals surface area contributed by atoms with Crippen LogP contribution in [0.25, 0.3) is 16.8 Å². The quantitative estimate of drug-likeness (QED) is 0.178.